The van der Waals surface area contributed by atoms with Gasteiger partial charge in [-0.05, 0) is 28.5 Å². The lowest BCUT2D eigenvalue weighted by Gasteiger charge is -2.23. The number of nitrogens with zero attached hydrogens (tertiary/aromatic N) is 2. The van der Waals surface area contributed by atoms with Gasteiger partial charge in [0.25, 0.3) is 5.56 Å². The van der Waals surface area contributed by atoms with E-state index in [4.69, 9.17) is 4.74 Å². The third-order valence-corrected chi connectivity index (χ3v) is 4.80. The third kappa shape index (κ3) is 3.91. The van der Waals surface area contributed by atoms with Gasteiger partial charge < -0.3 is 9.84 Å². The minimum atomic E-state index is -0.802. The molecule has 0 bridgehead atoms. The normalized spacial score (nSPS) is 13.1. The summed E-state index contributed by atoms with van der Waals surface area (Å²) in [4.78, 5) is 17.3. The molecule has 6 heteroatoms. The fourth-order valence-electron chi connectivity index (χ4n) is 2.70. The van der Waals surface area contributed by atoms with Gasteiger partial charge in [0.1, 0.15) is 23.3 Å². The molecule has 2 aromatic heterocycles. The summed E-state index contributed by atoms with van der Waals surface area (Å²) in [6.45, 7) is 6.61. The molecule has 0 spiro atoms. The number of hydrogen-bond acceptors (Lipinski definition) is 5. The molecule has 3 rings (SSSR count). The molecule has 1 atom stereocenters. The van der Waals surface area contributed by atoms with Gasteiger partial charge >= 0.3 is 0 Å². The van der Waals surface area contributed by atoms with Crippen LogP contribution in [0.25, 0.3) is 10.2 Å². The molecule has 3 aromatic rings. The quantitative estimate of drug-likeness (QED) is 0.761. The third-order valence-electron chi connectivity index (χ3n) is 3.98. The molecule has 0 fully saturated rings. The van der Waals surface area contributed by atoms with Crippen molar-refractivity contribution in [2.24, 2.45) is 0 Å². The molecular formula is C19H22N2O3S. The predicted molar refractivity (Wildman–Crippen MR) is 101 cm³/mol. The number of aliphatic hydroxyl groups excluding tert-OH is 1. The number of aliphatic hydroxyl groups is 1. The van der Waals surface area contributed by atoms with Crippen molar-refractivity contribution >= 4 is 21.6 Å². The van der Waals surface area contributed by atoms with Crippen LogP contribution in [0, 0.1) is 0 Å². The summed E-state index contributed by atoms with van der Waals surface area (Å²) in [5.41, 5.74) is 0.896. The van der Waals surface area contributed by atoms with Crippen molar-refractivity contribution in [1.82, 2.24) is 9.55 Å². The van der Waals surface area contributed by atoms with E-state index in [2.05, 4.69) is 25.8 Å². The Morgan fingerprint density at radius 3 is 2.80 bits per heavy atom. The Balaban J connectivity index is 1.70. The van der Waals surface area contributed by atoms with E-state index in [1.54, 1.807) is 6.07 Å². The highest BCUT2D eigenvalue weighted by atomic mass is 32.1. The van der Waals surface area contributed by atoms with E-state index in [0.717, 1.165) is 11.3 Å². The van der Waals surface area contributed by atoms with E-state index in [-0.39, 0.29) is 24.1 Å². The summed E-state index contributed by atoms with van der Waals surface area (Å²) in [5, 5.41) is 12.7. The van der Waals surface area contributed by atoms with Crippen molar-refractivity contribution in [3.8, 4) is 5.75 Å². The van der Waals surface area contributed by atoms with Crippen molar-refractivity contribution in [1.29, 1.82) is 0 Å². The fourth-order valence-corrected chi connectivity index (χ4v) is 3.42. The van der Waals surface area contributed by atoms with Crippen LogP contribution in [0.15, 0.2) is 46.8 Å². The minimum absolute atomic E-state index is 0.0492. The molecule has 0 amide bonds. The lowest BCUT2D eigenvalue weighted by Crippen LogP contribution is -2.30. The molecule has 5 nitrogen and oxygen atoms in total. The van der Waals surface area contributed by atoms with Crippen LogP contribution in [0.2, 0.25) is 0 Å². The van der Waals surface area contributed by atoms with Crippen molar-refractivity contribution < 1.29 is 9.84 Å². The fraction of sp³-hybridized carbons (Fsp3) is 0.368. The van der Waals surface area contributed by atoms with Crippen LogP contribution < -0.4 is 10.3 Å². The monoisotopic (exact) mass is 358 g/mol. The number of rotatable bonds is 5. The highest BCUT2D eigenvalue weighted by Crippen LogP contribution is 2.30. The summed E-state index contributed by atoms with van der Waals surface area (Å²) >= 11 is 1.43. The number of ether oxygens (including phenoxy) is 1. The van der Waals surface area contributed by atoms with Gasteiger partial charge in [-0.15, -0.1) is 11.3 Å². The zero-order valence-corrected chi connectivity index (χ0v) is 15.4. The molecule has 0 saturated carbocycles. The Morgan fingerprint density at radius 1 is 1.28 bits per heavy atom. The van der Waals surface area contributed by atoms with E-state index >= 15 is 0 Å². The molecule has 0 aliphatic heterocycles. The van der Waals surface area contributed by atoms with Crippen molar-refractivity contribution in [3.05, 3.63) is 58.0 Å². The molecule has 25 heavy (non-hydrogen) atoms. The molecule has 0 radical (unpaired) electrons. The van der Waals surface area contributed by atoms with Gasteiger partial charge in [-0.2, -0.15) is 0 Å². The maximum atomic E-state index is 12.4. The van der Waals surface area contributed by atoms with Gasteiger partial charge in [0, 0.05) is 0 Å². The average molecular weight is 358 g/mol. The molecule has 2 heterocycles. The Labute approximate surface area is 150 Å². The predicted octanol–water partition coefficient (Wildman–Crippen LogP) is 3.20. The molecule has 1 aromatic carbocycles. The van der Waals surface area contributed by atoms with Crippen molar-refractivity contribution in [3.63, 3.8) is 0 Å². The lowest BCUT2D eigenvalue weighted by molar-refractivity contribution is 0.0905. The summed E-state index contributed by atoms with van der Waals surface area (Å²) in [7, 11) is 0. The number of aromatic nitrogens is 2. The molecule has 0 aliphatic rings. The summed E-state index contributed by atoms with van der Waals surface area (Å²) in [6, 6.07) is 9.58. The maximum Gasteiger partial charge on any atom is 0.262 e. The second-order valence-electron chi connectivity index (χ2n) is 7.05. The topological polar surface area (TPSA) is 64.3 Å². The first-order valence-corrected chi connectivity index (χ1v) is 9.07. The zero-order chi connectivity index (χ0) is 18.0. The van der Waals surface area contributed by atoms with Crippen LogP contribution in [0.3, 0.4) is 0 Å². The van der Waals surface area contributed by atoms with Gasteiger partial charge in [0.05, 0.1) is 18.3 Å². The number of para-hydroxylation sites is 1. The van der Waals surface area contributed by atoms with E-state index < -0.39 is 6.10 Å². The minimum Gasteiger partial charge on any atom is -0.491 e. The summed E-state index contributed by atoms with van der Waals surface area (Å²) < 4.78 is 7.26. The van der Waals surface area contributed by atoms with E-state index in [1.807, 2.05) is 29.6 Å². The number of benzene rings is 1. The highest BCUT2D eigenvalue weighted by molar-refractivity contribution is 7.16. The first kappa shape index (κ1) is 17.6. The average Bonchev–Trinajstić information content (AvgIpc) is 3.04. The molecule has 0 saturated heterocycles. The van der Waals surface area contributed by atoms with Gasteiger partial charge in [-0.25, -0.2) is 4.98 Å². The van der Waals surface area contributed by atoms with E-state index in [9.17, 15) is 9.90 Å². The Kier molecular flexibility index (Phi) is 4.92. The van der Waals surface area contributed by atoms with Crippen LogP contribution >= 0.6 is 11.3 Å². The van der Waals surface area contributed by atoms with Gasteiger partial charge in [0.15, 0.2) is 0 Å². The number of hydrogen-bond donors (Lipinski definition) is 1. The standard InChI is InChI=1S/C19H22N2O3S/c1-19(2,3)15-6-4-5-7-16(15)24-11-13(22)10-21-12-20-17-14(18(21)23)8-9-25-17/h4-9,12-13,22H,10-11H2,1-3H3/t13-/m0/s1. The second kappa shape index (κ2) is 6.98. The van der Waals surface area contributed by atoms with Crippen molar-refractivity contribution in [2.75, 3.05) is 6.61 Å². The Hall–Kier alpha value is -2.18. The lowest BCUT2D eigenvalue weighted by atomic mass is 9.86. The SMILES string of the molecule is CC(C)(C)c1ccccc1OC[C@@H](O)Cn1cnc2sccc2c1=O. The first-order chi connectivity index (χ1) is 11.9. The van der Waals surface area contributed by atoms with E-state index in [0.29, 0.717) is 10.2 Å². The Morgan fingerprint density at radius 2 is 2.04 bits per heavy atom. The molecule has 1 N–H and O–H groups in total. The second-order valence-corrected chi connectivity index (χ2v) is 7.95. The van der Waals surface area contributed by atoms with Crippen LogP contribution in [0.5, 0.6) is 5.75 Å². The van der Waals surface area contributed by atoms with Crippen LogP contribution in [0.1, 0.15) is 26.3 Å². The smallest absolute Gasteiger partial charge is 0.262 e. The van der Waals surface area contributed by atoms with Crippen LogP contribution in [-0.4, -0.2) is 27.4 Å². The molecular weight excluding hydrogens is 336 g/mol. The molecule has 0 unspecified atom stereocenters. The largest absolute Gasteiger partial charge is 0.491 e. The van der Waals surface area contributed by atoms with Crippen LogP contribution in [0.4, 0.5) is 0 Å². The van der Waals surface area contributed by atoms with Gasteiger partial charge in [-0.3, -0.25) is 9.36 Å². The maximum absolute atomic E-state index is 12.4. The summed E-state index contributed by atoms with van der Waals surface area (Å²) in [6.07, 6.45) is 0.677. The zero-order valence-electron chi connectivity index (χ0n) is 14.6. The molecule has 0 aliphatic carbocycles. The highest BCUT2D eigenvalue weighted by Gasteiger charge is 2.19. The molecule has 132 valence electrons. The number of fused-ring (bicyclic) bond motifs is 1. The van der Waals surface area contributed by atoms with E-state index in [1.165, 1.54) is 22.2 Å². The van der Waals surface area contributed by atoms with Crippen LogP contribution in [-0.2, 0) is 12.0 Å². The first-order valence-electron chi connectivity index (χ1n) is 8.19. The number of thiophene rings is 1. The Bertz CT molecular complexity index is 924. The summed E-state index contributed by atoms with van der Waals surface area (Å²) in [5.74, 6) is 0.757. The van der Waals surface area contributed by atoms with Gasteiger partial charge in [-0.1, -0.05) is 39.0 Å². The van der Waals surface area contributed by atoms with Crippen molar-refractivity contribution in [2.45, 2.75) is 38.8 Å². The van der Waals surface area contributed by atoms with Gasteiger partial charge in [0.2, 0.25) is 0 Å².